The van der Waals surface area contributed by atoms with Crippen molar-refractivity contribution >= 4 is 11.6 Å². The smallest absolute Gasteiger partial charge is 0.191 e. The monoisotopic (exact) mass is 254 g/mol. The third kappa shape index (κ3) is 3.36. The maximum atomic E-state index is 11.9. The van der Waals surface area contributed by atoms with E-state index < -0.39 is 11.9 Å². The van der Waals surface area contributed by atoms with Crippen molar-refractivity contribution in [3.63, 3.8) is 0 Å². The molecule has 0 amide bonds. The molecule has 0 aliphatic carbocycles. The van der Waals surface area contributed by atoms with Crippen LogP contribution in [0.4, 0.5) is 0 Å². The number of aliphatic hydroxyl groups is 1. The van der Waals surface area contributed by atoms with Crippen molar-refractivity contribution in [2.24, 2.45) is 0 Å². The molecule has 0 spiro atoms. The zero-order chi connectivity index (χ0) is 13.7. The maximum absolute atomic E-state index is 11.9. The highest BCUT2D eigenvalue weighted by molar-refractivity contribution is 6.04. The van der Waals surface area contributed by atoms with Crippen LogP contribution in [-0.2, 0) is 0 Å². The zero-order valence-corrected chi connectivity index (χ0v) is 10.3. The quantitative estimate of drug-likeness (QED) is 0.834. The third-order valence-electron chi connectivity index (χ3n) is 2.84. The molecule has 3 heteroatoms. The van der Waals surface area contributed by atoms with Crippen molar-refractivity contribution in [1.29, 1.82) is 0 Å². The van der Waals surface area contributed by atoms with Gasteiger partial charge in [-0.05, 0) is 0 Å². The Labute approximate surface area is 111 Å². The lowest BCUT2D eigenvalue weighted by Gasteiger charge is -2.08. The van der Waals surface area contributed by atoms with Crippen molar-refractivity contribution in [2.45, 2.75) is 12.5 Å². The van der Waals surface area contributed by atoms with Gasteiger partial charge in [-0.2, -0.15) is 0 Å². The topological polar surface area (TPSA) is 54.4 Å². The van der Waals surface area contributed by atoms with Gasteiger partial charge >= 0.3 is 0 Å². The largest absolute Gasteiger partial charge is 0.384 e. The molecule has 1 atom stereocenters. The molecule has 1 unspecified atom stereocenters. The highest BCUT2D eigenvalue weighted by Gasteiger charge is 2.20. The van der Waals surface area contributed by atoms with Gasteiger partial charge in [0.2, 0.25) is 0 Å². The Morgan fingerprint density at radius 2 is 1.32 bits per heavy atom. The standard InChI is InChI=1S/C16H14O3/c17-14(12-7-3-1-4-8-12)11-15(18)16(19)13-9-5-2-6-10-13/h1-10,15,18H,11H2. The van der Waals surface area contributed by atoms with Crippen LogP contribution in [0.1, 0.15) is 27.1 Å². The lowest BCUT2D eigenvalue weighted by Crippen LogP contribution is -2.24. The molecule has 2 aromatic rings. The van der Waals surface area contributed by atoms with Crippen LogP contribution >= 0.6 is 0 Å². The number of Topliss-reactive ketones (excluding diaryl/α,β-unsaturated/α-hetero) is 2. The zero-order valence-electron chi connectivity index (χ0n) is 10.3. The Morgan fingerprint density at radius 3 is 1.84 bits per heavy atom. The summed E-state index contributed by atoms with van der Waals surface area (Å²) in [6.45, 7) is 0. The normalized spacial score (nSPS) is 11.8. The van der Waals surface area contributed by atoms with Gasteiger partial charge in [0.05, 0.1) is 0 Å². The van der Waals surface area contributed by atoms with E-state index in [2.05, 4.69) is 0 Å². The Bertz CT molecular complexity index is 561. The van der Waals surface area contributed by atoms with E-state index in [9.17, 15) is 14.7 Å². The average Bonchev–Trinajstić information content (AvgIpc) is 2.48. The van der Waals surface area contributed by atoms with Crippen molar-refractivity contribution in [3.8, 4) is 0 Å². The van der Waals surface area contributed by atoms with Gasteiger partial charge < -0.3 is 5.11 Å². The molecule has 0 aliphatic rings. The van der Waals surface area contributed by atoms with Crippen LogP contribution < -0.4 is 0 Å². The Hall–Kier alpha value is -2.26. The molecule has 0 fully saturated rings. The summed E-state index contributed by atoms with van der Waals surface area (Å²) in [4.78, 5) is 23.8. The van der Waals surface area contributed by atoms with E-state index in [-0.39, 0.29) is 12.2 Å². The number of carbonyl (C=O) groups is 2. The predicted molar refractivity (Wildman–Crippen MR) is 72.2 cm³/mol. The fraction of sp³-hybridized carbons (Fsp3) is 0.125. The molecule has 19 heavy (non-hydrogen) atoms. The van der Waals surface area contributed by atoms with Crippen LogP contribution in [0.2, 0.25) is 0 Å². The van der Waals surface area contributed by atoms with Crippen molar-refractivity contribution in [3.05, 3.63) is 71.8 Å². The highest BCUT2D eigenvalue weighted by atomic mass is 16.3. The summed E-state index contributed by atoms with van der Waals surface area (Å²) in [5.41, 5.74) is 0.915. The van der Waals surface area contributed by atoms with Gasteiger partial charge in [-0.1, -0.05) is 60.7 Å². The van der Waals surface area contributed by atoms with Crippen molar-refractivity contribution in [2.75, 3.05) is 0 Å². The van der Waals surface area contributed by atoms with Gasteiger partial charge in [0.15, 0.2) is 11.6 Å². The first-order chi connectivity index (χ1) is 9.18. The molecule has 0 aromatic heterocycles. The number of hydrogen-bond acceptors (Lipinski definition) is 3. The number of benzene rings is 2. The maximum Gasteiger partial charge on any atom is 0.191 e. The fourth-order valence-electron chi connectivity index (χ4n) is 1.81. The number of rotatable bonds is 5. The lowest BCUT2D eigenvalue weighted by atomic mass is 9.99. The van der Waals surface area contributed by atoms with Gasteiger partial charge in [-0.3, -0.25) is 9.59 Å². The third-order valence-corrected chi connectivity index (χ3v) is 2.84. The Morgan fingerprint density at radius 1 is 0.842 bits per heavy atom. The molecule has 2 rings (SSSR count). The van der Waals surface area contributed by atoms with E-state index in [0.717, 1.165) is 0 Å². The molecule has 0 aliphatic heterocycles. The molecule has 1 N–H and O–H groups in total. The number of carbonyl (C=O) groups excluding carboxylic acids is 2. The van der Waals surface area contributed by atoms with Gasteiger partial charge in [0.1, 0.15) is 6.10 Å². The molecule has 0 heterocycles. The van der Waals surface area contributed by atoms with E-state index >= 15 is 0 Å². The average molecular weight is 254 g/mol. The van der Waals surface area contributed by atoms with Gasteiger partial charge in [-0.15, -0.1) is 0 Å². The summed E-state index contributed by atoms with van der Waals surface area (Å²) in [5.74, 6) is -0.665. The van der Waals surface area contributed by atoms with Crippen LogP contribution in [0.3, 0.4) is 0 Å². The lowest BCUT2D eigenvalue weighted by molar-refractivity contribution is 0.0681. The minimum Gasteiger partial charge on any atom is -0.384 e. The van der Waals surface area contributed by atoms with Gasteiger partial charge in [0, 0.05) is 17.5 Å². The Balaban J connectivity index is 2.04. The first kappa shape index (κ1) is 13.2. The minimum absolute atomic E-state index is 0.197. The molecule has 0 saturated carbocycles. The fourth-order valence-corrected chi connectivity index (χ4v) is 1.81. The number of aliphatic hydroxyl groups excluding tert-OH is 1. The first-order valence-corrected chi connectivity index (χ1v) is 6.04. The molecule has 96 valence electrons. The summed E-state index contributed by atoms with van der Waals surface area (Å²) in [6.07, 6.45) is -1.49. The second-order valence-electron chi connectivity index (χ2n) is 4.24. The molecular formula is C16H14O3. The summed E-state index contributed by atoms with van der Waals surface area (Å²) < 4.78 is 0. The van der Waals surface area contributed by atoms with Gasteiger partial charge in [0.25, 0.3) is 0 Å². The van der Waals surface area contributed by atoms with E-state index in [1.165, 1.54) is 0 Å². The second-order valence-corrected chi connectivity index (χ2v) is 4.24. The van der Waals surface area contributed by atoms with E-state index in [0.29, 0.717) is 11.1 Å². The molecule has 3 nitrogen and oxygen atoms in total. The summed E-state index contributed by atoms with van der Waals surface area (Å²) in [5, 5.41) is 9.83. The van der Waals surface area contributed by atoms with Crippen LogP contribution in [0, 0.1) is 0 Å². The van der Waals surface area contributed by atoms with Crippen molar-refractivity contribution < 1.29 is 14.7 Å². The molecule has 0 bridgehead atoms. The molecule has 0 radical (unpaired) electrons. The SMILES string of the molecule is O=C(CC(O)C(=O)c1ccccc1)c1ccccc1. The minimum atomic E-state index is -1.30. The van der Waals surface area contributed by atoms with Crippen LogP contribution in [0.25, 0.3) is 0 Å². The number of ketones is 2. The summed E-state index contributed by atoms with van der Waals surface area (Å²) in [6, 6.07) is 17.1. The molecule has 2 aromatic carbocycles. The van der Waals surface area contributed by atoms with Gasteiger partial charge in [-0.25, -0.2) is 0 Å². The van der Waals surface area contributed by atoms with E-state index in [1.807, 2.05) is 6.07 Å². The molecular weight excluding hydrogens is 240 g/mol. The first-order valence-electron chi connectivity index (χ1n) is 6.04. The summed E-state index contributed by atoms with van der Waals surface area (Å²) >= 11 is 0. The Kier molecular flexibility index (Phi) is 4.21. The molecule has 0 saturated heterocycles. The van der Waals surface area contributed by atoms with E-state index in [4.69, 9.17) is 0 Å². The van der Waals surface area contributed by atoms with Crippen LogP contribution in [0.5, 0.6) is 0 Å². The second kappa shape index (κ2) is 6.07. The highest BCUT2D eigenvalue weighted by Crippen LogP contribution is 2.10. The van der Waals surface area contributed by atoms with Crippen LogP contribution in [0.15, 0.2) is 60.7 Å². The van der Waals surface area contributed by atoms with Crippen molar-refractivity contribution in [1.82, 2.24) is 0 Å². The van der Waals surface area contributed by atoms with E-state index in [1.54, 1.807) is 54.6 Å². The summed E-state index contributed by atoms with van der Waals surface area (Å²) in [7, 11) is 0. The van der Waals surface area contributed by atoms with Crippen LogP contribution in [-0.4, -0.2) is 22.8 Å². The predicted octanol–water partition coefficient (Wildman–Crippen LogP) is 2.50. The number of hydrogen-bond donors (Lipinski definition) is 1.